The van der Waals surface area contributed by atoms with Gasteiger partial charge in [0.05, 0.1) is 17.7 Å². The van der Waals surface area contributed by atoms with Crippen LogP contribution in [0.25, 0.3) is 0 Å². The molecule has 0 aliphatic carbocycles. The van der Waals surface area contributed by atoms with E-state index in [4.69, 9.17) is 9.47 Å². The molecule has 27 heavy (non-hydrogen) atoms. The topological polar surface area (TPSA) is 81.7 Å². The lowest BCUT2D eigenvalue weighted by molar-refractivity contribution is -0.147. The Balaban J connectivity index is 2.70. The largest absolute Gasteiger partial charge is 0.494 e. The van der Waals surface area contributed by atoms with Crippen LogP contribution in [0.5, 0.6) is 5.75 Å². The highest BCUT2D eigenvalue weighted by molar-refractivity contribution is 9.12. The minimum atomic E-state index is -0.747. The summed E-state index contributed by atoms with van der Waals surface area (Å²) < 4.78 is 10.6. The zero-order valence-corrected chi connectivity index (χ0v) is 17.5. The van der Waals surface area contributed by atoms with Gasteiger partial charge in [0, 0.05) is 11.6 Å². The van der Waals surface area contributed by atoms with Crippen LogP contribution in [0.2, 0.25) is 0 Å². The number of hydrogen-bond donors (Lipinski definition) is 1. The van der Waals surface area contributed by atoms with Crippen molar-refractivity contribution < 1.29 is 23.9 Å². The summed E-state index contributed by atoms with van der Waals surface area (Å²) in [5.41, 5.74) is 0.422. The molecule has 0 saturated carbocycles. The monoisotopic (exact) mass is 439 g/mol. The van der Waals surface area contributed by atoms with E-state index in [0.29, 0.717) is 24.3 Å². The Bertz CT molecular complexity index is 669. The number of Topliss-reactive ketones (excluding diaryl/α,β-unsaturated/α-hetero) is 1. The number of rotatable bonds is 11. The zero-order valence-electron chi connectivity index (χ0n) is 15.9. The molecule has 0 aromatic heterocycles. The Kier molecular flexibility index (Phi) is 10.4. The molecule has 1 atom stereocenters. The van der Waals surface area contributed by atoms with Gasteiger partial charge in [0.25, 0.3) is 0 Å². The first kappa shape index (κ1) is 22.9. The molecule has 1 aromatic carbocycles. The van der Waals surface area contributed by atoms with Crippen LogP contribution in [0.3, 0.4) is 0 Å². The third kappa shape index (κ3) is 7.95. The third-order valence-electron chi connectivity index (χ3n) is 3.65. The predicted molar refractivity (Wildman–Crippen MR) is 107 cm³/mol. The van der Waals surface area contributed by atoms with Crippen molar-refractivity contribution >= 4 is 33.6 Å². The first-order valence-corrected chi connectivity index (χ1v) is 9.84. The van der Waals surface area contributed by atoms with E-state index in [0.717, 1.165) is 18.9 Å². The van der Waals surface area contributed by atoms with Crippen LogP contribution in [0, 0.1) is 0 Å². The SMILES string of the molecule is CCCCOc1ccc(C(=O)/C(Br)=C/C(=O)N[C@@H](CC)C(=O)OCC)cc1. The lowest BCUT2D eigenvalue weighted by Crippen LogP contribution is -2.40. The van der Waals surface area contributed by atoms with Gasteiger partial charge < -0.3 is 14.8 Å². The van der Waals surface area contributed by atoms with Crippen molar-refractivity contribution in [3.05, 3.63) is 40.4 Å². The number of ketones is 1. The fourth-order valence-electron chi connectivity index (χ4n) is 2.14. The number of benzene rings is 1. The lowest BCUT2D eigenvalue weighted by atomic mass is 10.1. The van der Waals surface area contributed by atoms with Gasteiger partial charge in [0.2, 0.25) is 5.91 Å². The fourth-order valence-corrected chi connectivity index (χ4v) is 2.58. The minimum absolute atomic E-state index is 0.0957. The minimum Gasteiger partial charge on any atom is -0.494 e. The average Bonchev–Trinajstić information content (AvgIpc) is 2.66. The molecule has 1 N–H and O–H groups in total. The van der Waals surface area contributed by atoms with Gasteiger partial charge in [-0.1, -0.05) is 20.3 Å². The zero-order chi connectivity index (χ0) is 20.2. The molecule has 0 heterocycles. The van der Waals surface area contributed by atoms with Gasteiger partial charge in [-0.2, -0.15) is 0 Å². The Morgan fingerprint density at radius 1 is 1.15 bits per heavy atom. The molecule has 6 nitrogen and oxygen atoms in total. The molecule has 0 fully saturated rings. The van der Waals surface area contributed by atoms with Crippen molar-refractivity contribution in [3.63, 3.8) is 0 Å². The van der Waals surface area contributed by atoms with Crippen molar-refractivity contribution in [1.29, 1.82) is 0 Å². The third-order valence-corrected chi connectivity index (χ3v) is 4.24. The van der Waals surface area contributed by atoms with Crippen molar-refractivity contribution in [3.8, 4) is 5.75 Å². The molecule has 0 saturated heterocycles. The highest BCUT2D eigenvalue weighted by atomic mass is 79.9. The van der Waals surface area contributed by atoms with Crippen molar-refractivity contribution in [1.82, 2.24) is 5.32 Å². The van der Waals surface area contributed by atoms with Crippen molar-refractivity contribution in [2.75, 3.05) is 13.2 Å². The van der Waals surface area contributed by atoms with E-state index in [-0.39, 0.29) is 16.9 Å². The lowest BCUT2D eigenvalue weighted by Gasteiger charge is -2.14. The van der Waals surface area contributed by atoms with E-state index < -0.39 is 17.9 Å². The number of ether oxygens (including phenoxy) is 2. The van der Waals surface area contributed by atoms with Crippen LogP contribution >= 0.6 is 15.9 Å². The first-order chi connectivity index (χ1) is 12.9. The summed E-state index contributed by atoms with van der Waals surface area (Å²) in [4.78, 5) is 36.2. The van der Waals surface area contributed by atoms with Gasteiger partial charge in [0.1, 0.15) is 11.8 Å². The summed E-state index contributed by atoms with van der Waals surface area (Å²) in [5, 5.41) is 2.53. The molecule has 1 amide bonds. The van der Waals surface area contributed by atoms with E-state index in [9.17, 15) is 14.4 Å². The molecule has 0 spiro atoms. The van der Waals surface area contributed by atoms with Gasteiger partial charge in [-0.05, 0) is 60.0 Å². The fraction of sp³-hybridized carbons (Fsp3) is 0.450. The maximum Gasteiger partial charge on any atom is 0.328 e. The number of amides is 1. The summed E-state index contributed by atoms with van der Waals surface area (Å²) in [7, 11) is 0. The molecule has 0 aliphatic rings. The molecule has 0 radical (unpaired) electrons. The highest BCUT2D eigenvalue weighted by Gasteiger charge is 2.20. The Morgan fingerprint density at radius 2 is 1.81 bits per heavy atom. The standard InChI is InChI=1S/C20H26BrNO5/c1-4-7-12-27-15-10-8-14(9-11-15)19(24)16(21)13-18(23)22-17(5-2)20(25)26-6-3/h8-11,13,17H,4-7,12H2,1-3H3,(H,22,23)/b16-13-/t17-/m0/s1. The van der Waals surface area contributed by atoms with Gasteiger partial charge in [-0.15, -0.1) is 0 Å². The van der Waals surface area contributed by atoms with E-state index >= 15 is 0 Å². The summed E-state index contributed by atoms with van der Waals surface area (Å²) in [6, 6.07) is 5.98. The number of carbonyl (C=O) groups is 3. The summed E-state index contributed by atoms with van der Waals surface area (Å²) in [5.74, 6) is -0.690. The Morgan fingerprint density at radius 3 is 2.37 bits per heavy atom. The number of carbonyl (C=O) groups excluding carboxylic acids is 3. The molecular formula is C20H26BrNO5. The molecular weight excluding hydrogens is 414 g/mol. The first-order valence-electron chi connectivity index (χ1n) is 9.04. The number of halogens is 1. The second-order valence-electron chi connectivity index (χ2n) is 5.77. The molecule has 0 unspecified atom stereocenters. The summed E-state index contributed by atoms with van der Waals surface area (Å²) in [6.07, 6.45) is 3.53. The smallest absolute Gasteiger partial charge is 0.328 e. The maximum absolute atomic E-state index is 12.4. The second-order valence-corrected chi connectivity index (χ2v) is 6.62. The van der Waals surface area contributed by atoms with Crippen molar-refractivity contribution in [2.45, 2.75) is 46.1 Å². The van der Waals surface area contributed by atoms with Crippen LogP contribution in [-0.2, 0) is 14.3 Å². The summed E-state index contributed by atoms with van der Waals surface area (Å²) >= 11 is 3.13. The average molecular weight is 440 g/mol. The molecule has 0 aliphatic heterocycles. The van der Waals surface area contributed by atoms with Gasteiger partial charge >= 0.3 is 5.97 Å². The quantitative estimate of drug-likeness (QED) is 0.245. The maximum atomic E-state index is 12.4. The number of allylic oxidation sites excluding steroid dienone is 1. The van der Waals surface area contributed by atoms with Crippen molar-refractivity contribution in [2.24, 2.45) is 0 Å². The molecule has 7 heteroatoms. The molecule has 148 valence electrons. The molecule has 1 rings (SSSR count). The number of unbranched alkanes of at least 4 members (excludes halogenated alkanes) is 1. The normalized spacial score (nSPS) is 12.2. The second kappa shape index (κ2) is 12.3. The van der Waals surface area contributed by atoms with Crippen LogP contribution in [-0.4, -0.2) is 36.9 Å². The summed E-state index contributed by atoms with van der Waals surface area (Å²) in [6.45, 7) is 6.41. The Hall–Kier alpha value is -2.15. The van der Waals surface area contributed by atoms with Gasteiger partial charge in [0.15, 0.2) is 5.78 Å². The molecule has 1 aromatic rings. The van der Waals surface area contributed by atoms with Crippen LogP contribution in [0.15, 0.2) is 34.8 Å². The van der Waals surface area contributed by atoms with Crippen LogP contribution < -0.4 is 10.1 Å². The van der Waals surface area contributed by atoms with Crippen LogP contribution in [0.4, 0.5) is 0 Å². The van der Waals surface area contributed by atoms with E-state index in [1.165, 1.54) is 0 Å². The van der Waals surface area contributed by atoms with Gasteiger partial charge in [-0.3, -0.25) is 9.59 Å². The van der Waals surface area contributed by atoms with Gasteiger partial charge in [-0.25, -0.2) is 4.79 Å². The van der Waals surface area contributed by atoms with E-state index in [1.54, 1.807) is 38.1 Å². The number of hydrogen-bond acceptors (Lipinski definition) is 5. The van der Waals surface area contributed by atoms with Crippen LogP contribution in [0.1, 0.15) is 50.4 Å². The predicted octanol–water partition coefficient (Wildman–Crippen LogP) is 3.78. The Labute approximate surface area is 168 Å². The van der Waals surface area contributed by atoms with E-state index in [1.807, 2.05) is 0 Å². The number of nitrogens with one attached hydrogen (secondary N) is 1. The molecule has 0 bridgehead atoms. The van der Waals surface area contributed by atoms with E-state index in [2.05, 4.69) is 28.2 Å². The number of esters is 1. The highest BCUT2D eigenvalue weighted by Crippen LogP contribution is 2.18.